The number of benzene rings is 1. The molecule has 0 atom stereocenters. The molecular formula is C13H16ClN3O2. The molecule has 0 spiro atoms. The molecule has 19 heavy (non-hydrogen) atoms. The summed E-state index contributed by atoms with van der Waals surface area (Å²) >= 11 is 5.98. The minimum absolute atomic E-state index is 0.364. The number of aromatic nitrogens is 2. The van der Waals surface area contributed by atoms with E-state index >= 15 is 0 Å². The molecule has 1 heterocycles. The lowest BCUT2D eigenvalue weighted by molar-refractivity contribution is 0.401. The summed E-state index contributed by atoms with van der Waals surface area (Å²) in [6.45, 7) is 4.67. The van der Waals surface area contributed by atoms with Gasteiger partial charge in [-0.15, -0.1) is 0 Å². The molecule has 1 aromatic carbocycles. The fourth-order valence-electron chi connectivity index (χ4n) is 1.58. The third-order valence-corrected chi connectivity index (χ3v) is 2.76. The van der Waals surface area contributed by atoms with E-state index in [-0.39, 0.29) is 0 Å². The molecule has 0 bridgehead atoms. The van der Waals surface area contributed by atoms with Crippen molar-refractivity contribution in [3.63, 3.8) is 0 Å². The lowest BCUT2D eigenvalue weighted by atomic mass is 10.2. The van der Waals surface area contributed by atoms with E-state index in [4.69, 9.17) is 20.9 Å². The van der Waals surface area contributed by atoms with Crippen LogP contribution >= 0.6 is 11.6 Å². The quantitative estimate of drug-likeness (QED) is 0.913. The van der Waals surface area contributed by atoms with Gasteiger partial charge in [0.05, 0.1) is 19.2 Å². The summed E-state index contributed by atoms with van der Waals surface area (Å²) in [5.74, 6) is 1.65. The Hall–Kier alpha value is -1.59. The second-order valence-electron chi connectivity index (χ2n) is 4.40. The Labute approximate surface area is 116 Å². The van der Waals surface area contributed by atoms with Crippen molar-refractivity contribution >= 4 is 11.6 Å². The van der Waals surface area contributed by atoms with Gasteiger partial charge in [0.25, 0.3) is 5.89 Å². The van der Waals surface area contributed by atoms with Crippen LogP contribution in [0.15, 0.2) is 22.7 Å². The topological polar surface area (TPSA) is 60.2 Å². The van der Waals surface area contributed by atoms with Gasteiger partial charge >= 0.3 is 0 Å². The average Bonchev–Trinajstić information content (AvgIpc) is 2.85. The maximum absolute atomic E-state index is 5.98. The zero-order valence-electron chi connectivity index (χ0n) is 11.1. The monoisotopic (exact) mass is 281 g/mol. The highest BCUT2D eigenvalue weighted by molar-refractivity contribution is 6.30. The normalized spacial score (nSPS) is 11.0. The van der Waals surface area contributed by atoms with Crippen molar-refractivity contribution in [2.45, 2.75) is 26.4 Å². The number of hydrogen-bond donors (Lipinski definition) is 1. The van der Waals surface area contributed by atoms with Crippen LogP contribution in [0, 0.1) is 0 Å². The molecule has 0 fully saturated rings. The molecule has 0 aliphatic rings. The zero-order chi connectivity index (χ0) is 13.8. The lowest BCUT2D eigenvalue weighted by Gasteiger charge is -2.04. The summed E-state index contributed by atoms with van der Waals surface area (Å²) in [7, 11) is 1.59. The van der Waals surface area contributed by atoms with Crippen molar-refractivity contribution in [3.8, 4) is 17.2 Å². The molecule has 0 saturated heterocycles. The molecule has 2 rings (SSSR count). The first kappa shape index (κ1) is 13.8. The first-order chi connectivity index (χ1) is 9.10. The molecular weight excluding hydrogens is 266 g/mol. The molecule has 0 unspecified atom stereocenters. The smallest absolute Gasteiger partial charge is 0.261 e. The van der Waals surface area contributed by atoms with Crippen LogP contribution in [0.3, 0.4) is 0 Å². The summed E-state index contributed by atoms with van der Waals surface area (Å²) in [4.78, 5) is 4.32. The number of hydrogen-bond acceptors (Lipinski definition) is 5. The Balaban J connectivity index is 2.24. The van der Waals surface area contributed by atoms with Gasteiger partial charge in [0.15, 0.2) is 5.82 Å². The van der Waals surface area contributed by atoms with Crippen molar-refractivity contribution in [1.82, 2.24) is 15.5 Å². The van der Waals surface area contributed by atoms with Gasteiger partial charge in [-0.25, -0.2) is 0 Å². The molecule has 1 aromatic heterocycles. The molecule has 5 nitrogen and oxygen atoms in total. The van der Waals surface area contributed by atoms with Crippen LogP contribution in [-0.2, 0) is 6.54 Å². The second-order valence-corrected chi connectivity index (χ2v) is 4.83. The molecule has 6 heteroatoms. The van der Waals surface area contributed by atoms with Gasteiger partial charge in [-0.05, 0) is 18.2 Å². The molecule has 0 radical (unpaired) electrons. The predicted molar refractivity (Wildman–Crippen MR) is 73.3 cm³/mol. The van der Waals surface area contributed by atoms with E-state index in [9.17, 15) is 0 Å². The van der Waals surface area contributed by atoms with Gasteiger partial charge in [-0.3, -0.25) is 0 Å². The Morgan fingerprint density at radius 3 is 2.89 bits per heavy atom. The maximum Gasteiger partial charge on any atom is 0.261 e. The van der Waals surface area contributed by atoms with E-state index < -0.39 is 0 Å². The minimum Gasteiger partial charge on any atom is -0.496 e. The van der Waals surface area contributed by atoms with Crippen molar-refractivity contribution in [2.24, 2.45) is 0 Å². The average molecular weight is 282 g/mol. The van der Waals surface area contributed by atoms with Gasteiger partial charge in [-0.1, -0.05) is 30.6 Å². The summed E-state index contributed by atoms with van der Waals surface area (Å²) < 4.78 is 10.5. The van der Waals surface area contributed by atoms with Crippen LogP contribution in [0.2, 0.25) is 5.02 Å². The first-order valence-electron chi connectivity index (χ1n) is 6.00. The Morgan fingerprint density at radius 2 is 2.21 bits per heavy atom. The highest BCUT2D eigenvalue weighted by Gasteiger charge is 2.14. The summed E-state index contributed by atoms with van der Waals surface area (Å²) in [5, 5.41) is 7.74. The first-order valence-corrected chi connectivity index (χ1v) is 6.38. The molecule has 0 amide bonds. The highest BCUT2D eigenvalue weighted by Crippen LogP contribution is 2.31. The van der Waals surface area contributed by atoms with Gasteiger partial charge in [-0.2, -0.15) is 4.98 Å². The molecule has 0 aliphatic heterocycles. The predicted octanol–water partition coefficient (Wildman–Crippen LogP) is 2.90. The molecule has 102 valence electrons. The van der Waals surface area contributed by atoms with Crippen LogP contribution in [0.25, 0.3) is 11.5 Å². The van der Waals surface area contributed by atoms with Crippen LogP contribution in [0.1, 0.15) is 19.7 Å². The van der Waals surface area contributed by atoms with E-state index in [1.165, 1.54) is 0 Å². The number of halogens is 1. The van der Waals surface area contributed by atoms with Gasteiger partial charge in [0, 0.05) is 11.1 Å². The molecule has 1 N–H and O–H groups in total. The molecule has 0 saturated carbocycles. The number of ether oxygens (including phenoxy) is 1. The largest absolute Gasteiger partial charge is 0.496 e. The summed E-state index contributed by atoms with van der Waals surface area (Å²) in [6, 6.07) is 5.63. The van der Waals surface area contributed by atoms with E-state index in [1.54, 1.807) is 25.3 Å². The molecule has 2 aromatic rings. The van der Waals surface area contributed by atoms with Crippen molar-refractivity contribution in [2.75, 3.05) is 7.11 Å². The van der Waals surface area contributed by atoms with E-state index in [0.717, 1.165) is 0 Å². The number of nitrogens with one attached hydrogen (secondary N) is 1. The SMILES string of the molecule is COc1ccc(Cl)cc1-c1nc(CNC(C)C)no1. The van der Waals surface area contributed by atoms with Gasteiger partial charge in [0.2, 0.25) is 0 Å². The van der Waals surface area contributed by atoms with Crippen LogP contribution in [-0.4, -0.2) is 23.3 Å². The molecule has 0 aliphatic carbocycles. The standard InChI is InChI=1S/C13H16ClN3O2/c1-8(2)15-7-12-16-13(19-17-12)10-6-9(14)4-5-11(10)18-3/h4-6,8,15H,7H2,1-3H3. The Bertz CT molecular complexity index is 555. The second kappa shape index (κ2) is 6.04. The third-order valence-electron chi connectivity index (χ3n) is 2.53. The van der Waals surface area contributed by atoms with E-state index in [1.807, 2.05) is 0 Å². The fourth-order valence-corrected chi connectivity index (χ4v) is 1.75. The van der Waals surface area contributed by atoms with Crippen molar-refractivity contribution in [3.05, 3.63) is 29.0 Å². The van der Waals surface area contributed by atoms with Gasteiger partial charge in [0.1, 0.15) is 5.75 Å². The third kappa shape index (κ3) is 3.45. The van der Waals surface area contributed by atoms with Crippen molar-refractivity contribution < 1.29 is 9.26 Å². The minimum atomic E-state index is 0.364. The Morgan fingerprint density at radius 1 is 1.42 bits per heavy atom. The maximum atomic E-state index is 5.98. The number of methoxy groups -OCH3 is 1. The summed E-state index contributed by atoms with van der Waals surface area (Å²) in [5.41, 5.74) is 0.693. The lowest BCUT2D eigenvalue weighted by Crippen LogP contribution is -2.22. The van der Waals surface area contributed by atoms with Crippen LogP contribution < -0.4 is 10.1 Å². The Kier molecular flexibility index (Phi) is 4.39. The van der Waals surface area contributed by atoms with Gasteiger partial charge < -0.3 is 14.6 Å². The zero-order valence-corrected chi connectivity index (χ0v) is 11.9. The highest BCUT2D eigenvalue weighted by atomic mass is 35.5. The van der Waals surface area contributed by atoms with E-state index in [0.29, 0.717) is 40.6 Å². The summed E-state index contributed by atoms with van der Waals surface area (Å²) in [6.07, 6.45) is 0. The number of rotatable bonds is 5. The van der Waals surface area contributed by atoms with Crippen LogP contribution in [0.4, 0.5) is 0 Å². The number of nitrogens with zero attached hydrogens (tertiary/aromatic N) is 2. The fraction of sp³-hybridized carbons (Fsp3) is 0.385. The van der Waals surface area contributed by atoms with E-state index in [2.05, 4.69) is 29.3 Å². The van der Waals surface area contributed by atoms with Crippen LogP contribution in [0.5, 0.6) is 5.75 Å². The van der Waals surface area contributed by atoms with Crippen molar-refractivity contribution in [1.29, 1.82) is 0 Å².